The van der Waals surface area contributed by atoms with E-state index < -0.39 is 32.5 Å². The minimum atomic E-state index is -4.04. The summed E-state index contributed by atoms with van der Waals surface area (Å²) >= 11 is 1.50. The van der Waals surface area contributed by atoms with E-state index in [2.05, 4.69) is 5.32 Å². The zero-order valence-electron chi connectivity index (χ0n) is 19.8. The Morgan fingerprint density at radius 2 is 1.54 bits per heavy atom. The highest BCUT2D eigenvalue weighted by atomic mass is 32.2. The third-order valence-electron chi connectivity index (χ3n) is 5.25. The summed E-state index contributed by atoms with van der Waals surface area (Å²) in [7, 11) is -6.12. The van der Waals surface area contributed by atoms with Gasteiger partial charge in [-0.25, -0.2) is 16.8 Å². The molecule has 0 bridgehead atoms. The van der Waals surface area contributed by atoms with Crippen molar-refractivity contribution >= 4 is 54.8 Å². The van der Waals surface area contributed by atoms with E-state index in [1.807, 2.05) is 13.2 Å². The highest BCUT2D eigenvalue weighted by molar-refractivity contribution is 7.98. The standard InChI is InChI=1S/C24H27N3O5S3/c1-18-8-10-20(11-9-18)27(35(31,32)23-14-12-22(33-3)13-15-23)17-24(28)25-19-6-5-7-21(16-19)26(2)34(4,29)30/h5-16H,17H2,1-4H3,(H,25,28). The lowest BCUT2D eigenvalue weighted by Gasteiger charge is -2.24. The first-order chi connectivity index (χ1) is 16.4. The molecule has 3 rings (SSSR count). The Labute approximate surface area is 211 Å². The van der Waals surface area contributed by atoms with E-state index in [-0.39, 0.29) is 4.90 Å². The second kappa shape index (κ2) is 10.7. The fraction of sp³-hybridized carbons (Fsp3) is 0.208. The number of amides is 1. The van der Waals surface area contributed by atoms with Gasteiger partial charge in [-0.2, -0.15) is 0 Å². The minimum Gasteiger partial charge on any atom is -0.324 e. The van der Waals surface area contributed by atoms with Crippen LogP contribution in [0.15, 0.2) is 82.6 Å². The molecule has 0 fully saturated rings. The van der Waals surface area contributed by atoms with Crippen molar-refractivity contribution in [3.63, 3.8) is 0 Å². The van der Waals surface area contributed by atoms with Gasteiger partial charge >= 0.3 is 0 Å². The molecule has 3 aromatic carbocycles. The Morgan fingerprint density at radius 1 is 0.914 bits per heavy atom. The number of nitrogens with zero attached hydrogens (tertiary/aromatic N) is 2. The van der Waals surface area contributed by atoms with E-state index in [1.165, 1.54) is 37.0 Å². The molecule has 0 aliphatic rings. The van der Waals surface area contributed by atoms with Crippen LogP contribution in [-0.4, -0.2) is 48.8 Å². The summed E-state index contributed by atoms with van der Waals surface area (Å²) in [6, 6.07) is 19.6. The van der Waals surface area contributed by atoms with Crippen LogP contribution in [0.4, 0.5) is 17.1 Å². The first-order valence-electron chi connectivity index (χ1n) is 10.5. The van der Waals surface area contributed by atoms with Crippen molar-refractivity contribution < 1.29 is 21.6 Å². The lowest BCUT2D eigenvalue weighted by atomic mass is 10.2. The molecule has 0 radical (unpaired) electrons. The van der Waals surface area contributed by atoms with Crippen molar-refractivity contribution in [3.05, 3.63) is 78.4 Å². The van der Waals surface area contributed by atoms with Gasteiger partial charge in [0.15, 0.2) is 0 Å². The van der Waals surface area contributed by atoms with Gasteiger partial charge in [0.25, 0.3) is 10.0 Å². The fourth-order valence-corrected chi connectivity index (χ4v) is 5.53. The molecule has 0 heterocycles. The number of anilines is 3. The summed E-state index contributed by atoms with van der Waals surface area (Å²) in [6.07, 6.45) is 2.98. The van der Waals surface area contributed by atoms with E-state index in [0.717, 1.165) is 25.3 Å². The molecule has 35 heavy (non-hydrogen) atoms. The zero-order chi connectivity index (χ0) is 25.8. The zero-order valence-corrected chi connectivity index (χ0v) is 22.2. The summed E-state index contributed by atoms with van der Waals surface area (Å²) in [6.45, 7) is 1.42. The molecule has 186 valence electrons. The monoisotopic (exact) mass is 533 g/mol. The maximum absolute atomic E-state index is 13.5. The van der Waals surface area contributed by atoms with Crippen molar-refractivity contribution in [1.29, 1.82) is 0 Å². The lowest BCUT2D eigenvalue weighted by Crippen LogP contribution is -2.38. The van der Waals surface area contributed by atoms with Crippen LogP contribution in [0.1, 0.15) is 5.56 Å². The summed E-state index contributed by atoms with van der Waals surface area (Å²) < 4.78 is 52.9. The number of thioether (sulfide) groups is 1. The summed E-state index contributed by atoms with van der Waals surface area (Å²) in [4.78, 5) is 14.0. The average molecular weight is 534 g/mol. The van der Waals surface area contributed by atoms with Crippen molar-refractivity contribution in [3.8, 4) is 0 Å². The fourth-order valence-electron chi connectivity index (χ4n) is 3.20. The van der Waals surface area contributed by atoms with Crippen LogP contribution in [0.2, 0.25) is 0 Å². The number of carbonyl (C=O) groups is 1. The van der Waals surface area contributed by atoms with Crippen LogP contribution < -0.4 is 13.9 Å². The van der Waals surface area contributed by atoms with Gasteiger partial charge in [-0.3, -0.25) is 13.4 Å². The van der Waals surface area contributed by atoms with Crippen LogP contribution in [0.3, 0.4) is 0 Å². The third-order valence-corrected chi connectivity index (χ3v) is 8.98. The highest BCUT2D eigenvalue weighted by Crippen LogP contribution is 2.26. The average Bonchev–Trinajstić information content (AvgIpc) is 2.82. The van der Waals surface area contributed by atoms with E-state index in [1.54, 1.807) is 54.6 Å². The number of sulfonamides is 2. The second-order valence-corrected chi connectivity index (χ2v) is 12.6. The predicted molar refractivity (Wildman–Crippen MR) is 142 cm³/mol. The topological polar surface area (TPSA) is 104 Å². The first kappa shape index (κ1) is 26.6. The number of aryl methyl sites for hydroxylation is 1. The molecule has 0 aromatic heterocycles. The van der Waals surface area contributed by atoms with Crippen LogP contribution >= 0.6 is 11.8 Å². The first-order valence-corrected chi connectivity index (χ1v) is 15.0. The van der Waals surface area contributed by atoms with Crippen LogP contribution in [-0.2, 0) is 24.8 Å². The third kappa shape index (κ3) is 6.56. The molecule has 1 amide bonds. The molecular weight excluding hydrogens is 506 g/mol. The van der Waals surface area contributed by atoms with Crippen LogP contribution in [0.25, 0.3) is 0 Å². The maximum atomic E-state index is 13.5. The van der Waals surface area contributed by atoms with Gasteiger partial charge in [0.1, 0.15) is 6.54 Å². The molecule has 0 aliphatic heterocycles. The van der Waals surface area contributed by atoms with E-state index in [9.17, 15) is 21.6 Å². The second-order valence-electron chi connectivity index (χ2n) is 7.85. The van der Waals surface area contributed by atoms with Gasteiger partial charge in [-0.1, -0.05) is 23.8 Å². The van der Waals surface area contributed by atoms with Gasteiger partial charge < -0.3 is 5.32 Å². The summed E-state index contributed by atoms with van der Waals surface area (Å²) in [5.41, 5.74) is 2.01. The van der Waals surface area contributed by atoms with Gasteiger partial charge in [0, 0.05) is 17.6 Å². The normalized spacial score (nSPS) is 11.7. The molecule has 0 spiro atoms. The predicted octanol–water partition coefficient (Wildman–Crippen LogP) is 3.95. The molecule has 1 N–H and O–H groups in total. The van der Waals surface area contributed by atoms with Gasteiger partial charge in [0.2, 0.25) is 15.9 Å². The van der Waals surface area contributed by atoms with Crippen molar-refractivity contribution in [2.24, 2.45) is 0 Å². The van der Waals surface area contributed by atoms with Crippen molar-refractivity contribution in [1.82, 2.24) is 0 Å². The maximum Gasteiger partial charge on any atom is 0.264 e. The molecule has 0 atom stereocenters. The Balaban J connectivity index is 1.91. The Hall–Kier alpha value is -3.02. The molecule has 0 unspecified atom stereocenters. The summed E-state index contributed by atoms with van der Waals surface area (Å²) in [5.74, 6) is -0.575. The van der Waals surface area contributed by atoms with Crippen LogP contribution in [0, 0.1) is 6.92 Å². The molecule has 0 aliphatic carbocycles. The number of benzene rings is 3. The number of nitrogens with one attached hydrogen (secondary N) is 1. The highest BCUT2D eigenvalue weighted by Gasteiger charge is 2.27. The number of hydrogen-bond acceptors (Lipinski definition) is 6. The van der Waals surface area contributed by atoms with Gasteiger partial charge in [0.05, 0.1) is 22.5 Å². The Kier molecular flexibility index (Phi) is 8.14. The summed E-state index contributed by atoms with van der Waals surface area (Å²) in [5, 5.41) is 2.67. The van der Waals surface area contributed by atoms with E-state index >= 15 is 0 Å². The quantitative estimate of drug-likeness (QED) is 0.418. The molecule has 11 heteroatoms. The number of rotatable bonds is 9. The van der Waals surface area contributed by atoms with Gasteiger partial charge in [-0.15, -0.1) is 11.8 Å². The number of carbonyl (C=O) groups excluding carboxylic acids is 1. The minimum absolute atomic E-state index is 0.0699. The Bertz CT molecular complexity index is 1410. The smallest absolute Gasteiger partial charge is 0.264 e. The molecule has 0 saturated carbocycles. The Morgan fingerprint density at radius 3 is 2.11 bits per heavy atom. The van der Waals surface area contributed by atoms with E-state index in [4.69, 9.17) is 0 Å². The molecule has 3 aromatic rings. The van der Waals surface area contributed by atoms with Crippen LogP contribution in [0.5, 0.6) is 0 Å². The van der Waals surface area contributed by atoms with E-state index in [0.29, 0.717) is 17.1 Å². The number of hydrogen-bond donors (Lipinski definition) is 1. The lowest BCUT2D eigenvalue weighted by molar-refractivity contribution is -0.114. The largest absolute Gasteiger partial charge is 0.324 e. The van der Waals surface area contributed by atoms with Crippen molar-refractivity contribution in [2.45, 2.75) is 16.7 Å². The molecule has 8 nitrogen and oxygen atoms in total. The molecular formula is C24H27N3O5S3. The van der Waals surface area contributed by atoms with Crippen molar-refractivity contribution in [2.75, 3.05) is 40.0 Å². The molecule has 0 saturated heterocycles. The van der Waals surface area contributed by atoms with Gasteiger partial charge in [-0.05, 0) is 67.8 Å². The SMILES string of the molecule is CSc1ccc(S(=O)(=O)N(CC(=O)Nc2cccc(N(C)S(C)(=O)=O)c2)c2ccc(C)cc2)cc1.